The number of benzene rings is 2. The van der Waals surface area contributed by atoms with Crippen LogP contribution in [-0.2, 0) is 4.79 Å². The van der Waals surface area contributed by atoms with E-state index in [1.54, 1.807) is 17.0 Å². The molecule has 1 aliphatic heterocycles. The molecule has 3 aromatic rings. The van der Waals surface area contributed by atoms with Crippen molar-refractivity contribution in [2.75, 3.05) is 25.5 Å². The van der Waals surface area contributed by atoms with Crippen LogP contribution in [0.4, 0.5) is 20.3 Å². The molecule has 1 aromatic heterocycles. The summed E-state index contributed by atoms with van der Waals surface area (Å²) in [6.45, 7) is 2.62. The number of hydrogen-bond donors (Lipinski definition) is 1. The van der Waals surface area contributed by atoms with Gasteiger partial charge in [-0.05, 0) is 18.2 Å². The minimum absolute atomic E-state index is 0.00329. The van der Waals surface area contributed by atoms with Gasteiger partial charge in [0.1, 0.15) is 29.1 Å². The topological polar surface area (TPSA) is 76.6 Å². The second-order valence-electron chi connectivity index (χ2n) is 7.08. The average Bonchev–Trinajstić information content (AvgIpc) is 3.23. The molecular formula is C21H19ClF2N4O3. The van der Waals surface area contributed by atoms with Crippen LogP contribution in [0.2, 0.25) is 5.02 Å². The highest BCUT2D eigenvalue weighted by Gasteiger charge is 2.27. The molecule has 0 radical (unpaired) electrons. The molecule has 1 aliphatic rings. The van der Waals surface area contributed by atoms with E-state index in [1.165, 1.54) is 26.4 Å². The van der Waals surface area contributed by atoms with E-state index in [2.05, 4.69) is 15.3 Å². The Kier molecular flexibility index (Phi) is 5.77. The van der Waals surface area contributed by atoms with Crippen LogP contribution < -0.4 is 14.8 Å². The summed E-state index contributed by atoms with van der Waals surface area (Å²) in [5.41, 5.74) is 0.504. The molecule has 2 heterocycles. The Hall–Kier alpha value is -3.20. The summed E-state index contributed by atoms with van der Waals surface area (Å²) in [5.74, 6) is -0.579. The molecule has 1 N–H and O–H groups in total. The van der Waals surface area contributed by atoms with Crippen LogP contribution in [-0.4, -0.2) is 47.1 Å². The maximum atomic E-state index is 14.4. The molecule has 0 spiro atoms. The fourth-order valence-electron chi connectivity index (χ4n) is 3.46. The molecule has 162 valence electrons. The lowest BCUT2D eigenvalue weighted by Gasteiger charge is -2.18. The van der Waals surface area contributed by atoms with E-state index in [-0.39, 0.29) is 23.5 Å². The van der Waals surface area contributed by atoms with E-state index < -0.39 is 16.7 Å². The van der Waals surface area contributed by atoms with Gasteiger partial charge in [-0.1, -0.05) is 11.6 Å². The van der Waals surface area contributed by atoms with Crippen molar-refractivity contribution in [3.8, 4) is 11.5 Å². The fourth-order valence-corrected chi connectivity index (χ4v) is 3.62. The highest BCUT2D eigenvalue weighted by molar-refractivity contribution is 6.31. The summed E-state index contributed by atoms with van der Waals surface area (Å²) in [6, 6.07) is 5.68. The number of likely N-dealkylation sites (tertiary alicyclic amines) is 1. The van der Waals surface area contributed by atoms with Crippen molar-refractivity contribution in [1.29, 1.82) is 0 Å². The molecule has 0 unspecified atom stereocenters. The first-order chi connectivity index (χ1) is 14.9. The van der Waals surface area contributed by atoms with Crippen LogP contribution in [0.1, 0.15) is 13.3 Å². The number of anilines is 2. The van der Waals surface area contributed by atoms with E-state index in [4.69, 9.17) is 21.1 Å². The predicted molar refractivity (Wildman–Crippen MR) is 112 cm³/mol. The molecule has 7 nitrogen and oxygen atoms in total. The zero-order valence-electron chi connectivity index (χ0n) is 16.8. The van der Waals surface area contributed by atoms with Gasteiger partial charge in [0.15, 0.2) is 17.3 Å². The molecular weight excluding hydrogens is 430 g/mol. The van der Waals surface area contributed by atoms with Crippen molar-refractivity contribution in [1.82, 2.24) is 14.9 Å². The lowest BCUT2D eigenvalue weighted by molar-refractivity contribution is -0.128. The number of methoxy groups -OCH3 is 1. The van der Waals surface area contributed by atoms with E-state index in [9.17, 15) is 13.6 Å². The molecule has 0 saturated carbocycles. The summed E-state index contributed by atoms with van der Waals surface area (Å²) in [6.07, 6.45) is 1.82. The summed E-state index contributed by atoms with van der Waals surface area (Å²) in [5, 5.41) is 2.77. The number of nitrogens with one attached hydrogen (secondary N) is 1. The number of amides is 1. The molecule has 0 bridgehead atoms. The quantitative estimate of drug-likeness (QED) is 0.586. The number of rotatable bonds is 5. The van der Waals surface area contributed by atoms with Crippen molar-refractivity contribution in [3.63, 3.8) is 0 Å². The third-order valence-electron chi connectivity index (χ3n) is 5.09. The van der Waals surface area contributed by atoms with Crippen LogP contribution in [0.25, 0.3) is 10.9 Å². The molecule has 1 saturated heterocycles. The summed E-state index contributed by atoms with van der Waals surface area (Å²) >= 11 is 5.67. The van der Waals surface area contributed by atoms with Gasteiger partial charge in [-0.2, -0.15) is 0 Å². The Morgan fingerprint density at radius 2 is 2.06 bits per heavy atom. The van der Waals surface area contributed by atoms with Gasteiger partial charge >= 0.3 is 0 Å². The van der Waals surface area contributed by atoms with Gasteiger partial charge in [-0.3, -0.25) is 4.79 Å². The van der Waals surface area contributed by atoms with Crippen molar-refractivity contribution >= 4 is 39.9 Å². The Labute approximate surface area is 181 Å². The van der Waals surface area contributed by atoms with Crippen molar-refractivity contribution in [2.45, 2.75) is 19.4 Å². The van der Waals surface area contributed by atoms with Crippen molar-refractivity contribution in [2.24, 2.45) is 0 Å². The lowest BCUT2D eigenvalue weighted by Crippen LogP contribution is -2.28. The molecule has 1 fully saturated rings. The number of aromatic nitrogens is 2. The lowest BCUT2D eigenvalue weighted by atomic mass is 10.2. The van der Waals surface area contributed by atoms with E-state index in [0.29, 0.717) is 41.9 Å². The van der Waals surface area contributed by atoms with Gasteiger partial charge < -0.3 is 19.7 Å². The number of halogens is 3. The molecule has 1 atom stereocenters. The first-order valence-corrected chi connectivity index (χ1v) is 9.90. The Morgan fingerprint density at radius 1 is 1.26 bits per heavy atom. The third-order valence-corrected chi connectivity index (χ3v) is 5.44. The van der Waals surface area contributed by atoms with Gasteiger partial charge in [-0.25, -0.2) is 18.7 Å². The Bertz CT molecular complexity index is 1160. The Balaban J connectivity index is 1.69. The van der Waals surface area contributed by atoms with Crippen molar-refractivity contribution < 1.29 is 23.0 Å². The van der Waals surface area contributed by atoms with Crippen LogP contribution in [0.5, 0.6) is 11.5 Å². The largest absolute Gasteiger partial charge is 0.493 e. The zero-order valence-corrected chi connectivity index (χ0v) is 17.5. The van der Waals surface area contributed by atoms with E-state index >= 15 is 0 Å². The third kappa shape index (κ3) is 4.18. The van der Waals surface area contributed by atoms with Crippen LogP contribution in [0.3, 0.4) is 0 Å². The SMILES string of the molecule is COc1cc2ncnc(Nc3ccc(F)c(Cl)c3F)c2cc1O[C@H]1CCN(C(C)=O)C1. The normalized spacial score (nSPS) is 15.9. The number of ether oxygens (including phenoxy) is 2. The first kappa shape index (κ1) is 21.0. The standard InChI is InChI=1S/C21H19ClF2N4O3/c1-11(29)28-6-5-12(9-28)31-18-7-13-16(8-17(18)30-2)25-10-26-21(13)27-15-4-3-14(23)19(22)20(15)24/h3-4,7-8,10,12H,5-6,9H2,1-2H3,(H,25,26,27)/t12-/m0/s1. The first-order valence-electron chi connectivity index (χ1n) is 9.52. The van der Waals surface area contributed by atoms with E-state index in [1.807, 2.05) is 0 Å². The van der Waals surface area contributed by atoms with Crippen LogP contribution in [0.15, 0.2) is 30.6 Å². The number of carbonyl (C=O) groups excluding carboxylic acids is 1. The number of hydrogen-bond acceptors (Lipinski definition) is 6. The second kappa shape index (κ2) is 8.50. The van der Waals surface area contributed by atoms with Gasteiger partial charge in [0, 0.05) is 31.3 Å². The highest BCUT2D eigenvalue weighted by Crippen LogP contribution is 2.37. The minimum atomic E-state index is -0.923. The van der Waals surface area contributed by atoms with Crippen molar-refractivity contribution in [3.05, 3.63) is 47.2 Å². The van der Waals surface area contributed by atoms with E-state index in [0.717, 1.165) is 6.07 Å². The van der Waals surface area contributed by atoms with Gasteiger partial charge in [0.2, 0.25) is 5.91 Å². The summed E-state index contributed by atoms with van der Waals surface area (Å²) in [7, 11) is 1.51. The van der Waals surface area contributed by atoms with Gasteiger partial charge in [0.25, 0.3) is 0 Å². The molecule has 10 heteroatoms. The van der Waals surface area contributed by atoms with Crippen LogP contribution >= 0.6 is 11.6 Å². The summed E-state index contributed by atoms with van der Waals surface area (Å²) < 4.78 is 39.4. The maximum absolute atomic E-state index is 14.4. The average molecular weight is 449 g/mol. The smallest absolute Gasteiger partial charge is 0.219 e. The zero-order chi connectivity index (χ0) is 22.1. The van der Waals surface area contributed by atoms with Crippen LogP contribution in [0, 0.1) is 11.6 Å². The minimum Gasteiger partial charge on any atom is -0.493 e. The number of carbonyl (C=O) groups is 1. The number of nitrogens with zero attached hydrogens (tertiary/aromatic N) is 3. The monoisotopic (exact) mass is 448 g/mol. The Morgan fingerprint density at radius 3 is 2.77 bits per heavy atom. The van der Waals surface area contributed by atoms with Gasteiger partial charge in [0.05, 0.1) is 24.9 Å². The predicted octanol–water partition coefficient (Wildman–Crippen LogP) is 4.31. The molecule has 1 amide bonds. The van der Waals surface area contributed by atoms with Gasteiger partial charge in [-0.15, -0.1) is 0 Å². The molecule has 0 aliphatic carbocycles. The highest BCUT2D eigenvalue weighted by atomic mass is 35.5. The fraction of sp³-hybridized carbons (Fsp3) is 0.286. The maximum Gasteiger partial charge on any atom is 0.219 e. The molecule has 31 heavy (non-hydrogen) atoms. The summed E-state index contributed by atoms with van der Waals surface area (Å²) in [4.78, 5) is 21.7. The molecule has 2 aromatic carbocycles. The molecule has 4 rings (SSSR count). The second-order valence-corrected chi connectivity index (χ2v) is 7.46. The number of fused-ring (bicyclic) bond motifs is 1.